The normalized spacial score (nSPS) is 26.8. The molecule has 1 saturated heterocycles. The highest BCUT2D eigenvalue weighted by atomic mass is 16.3. The monoisotopic (exact) mass is 360 g/mol. The molecule has 144 valence electrons. The molecule has 1 heterocycles. The Morgan fingerprint density at radius 1 is 1.12 bits per heavy atom. The van der Waals surface area contributed by atoms with Crippen LogP contribution in [0.1, 0.15) is 56.6 Å². The fourth-order valence-corrected chi connectivity index (χ4v) is 4.57. The molecule has 5 nitrogen and oxygen atoms in total. The summed E-state index contributed by atoms with van der Waals surface area (Å²) in [5.41, 5.74) is 0.698. The van der Waals surface area contributed by atoms with Crippen LogP contribution >= 0.6 is 0 Å². The van der Waals surface area contributed by atoms with Crippen molar-refractivity contribution in [3.8, 4) is 0 Å². The summed E-state index contributed by atoms with van der Waals surface area (Å²) in [5.74, 6) is 1.25. The van der Waals surface area contributed by atoms with Gasteiger partial charge in [0.1, 0.15) is 6.10 Å². The molecule has 0 radical (unpaired) electrons. The van der Waals surface area contributed by atoms with Crippen molar-refractivity contribution in [2.24, 2.45) is 11.8 Å². The predicted molar refractivity (Wildman–Crippen MR) is 102 cm³/mol. The lowest BCUT2D eigenvalue weighted by atomic mass is 9.74. The SMILES string of the molecule is O=C(N[C@@H](CO)[C@@H](O)c1ccccc1)[C@@H]1C[C@@H](C2CCCCC2)CCN1. The van der Waals surface area contributed by atoms with E-state index in [1.54, 1.807) is 12.1 Å². The van der Waals surface area contributed by atoms with Crippen LogP contribution in [0.25, 0.3) is 0 Å². The first-order chi connectivity index (χ1) is 12.7. The number of hydrogen-bond donors (Lipinski definition) is 4. The first-order valence-electron chi connectivity index (χ1n) is 10.1. The van der Waals surface area contributed by atoms with Crippen molar-refractivity contribution in [2.75, 3.05) is 13.2 Å². The maximum absolute atomic E-state index is 12.7. The molecule has 1 saturated carbocycles. The zero-order chi connectivity index (χ0) is 18.4. The third kappa shape index (κ3) is 4.84. The molecule has 2 aliphatic rings. The number of aliphatic hydroxyl groups excluding tert-OH is 2. The van der Waals surface area contributed by atoms with Crippen LogP contribution in [-0.4, -0.2) is 41.4 Å². The summed E-state index contributed by atoms with van der Waals surface area (Å²) in [6.45, 7) is 0.574. The molecule has 1 aliphatic heterocycles. The molecule has 2 fully saturated rings. The quantitative estimate of drug-likeness (QED) is 0.627. The maximum atomic E-state index is 12.7. The van der Waals surface area contributed by atoms with Crippen LogP contribution in [0.3, 0.4) is 0 Å². The second kappa shape index (κ2) is 9.49. The van der Waals surface area contributed by atoms with Crippen molar-refractivity contribution < 1.29 is 15.0 Å². The molecule has 26 heavy (non-hydrogen) atoms. The van der Waals surface area contributed by atoms with Gasteiger partial charge in [0, 0.05) is 0 Å². The molecule has 3 rings (SSSR count). The van der Waals surface area contributed by atoms with E-state index >= 15 is 0 Å². The summed E-state index contributed by atoms with van der Waals surface area (Å²) >= 11 is 0. The summed E-state index contributed by atoms with van der Waals surface area (Å²) < 4.78 is 0. The number of nitrogens with one attached hydrogen (secondary N) is 2. The molecular formula is C21H32N2O3. The minimum Gasteiger partial charge on any atom is -0.394 e. The maximum Gasteiger partial charge on any atom is 0.237 e. The zero-order valence-corrected chi connectivity index (χ0v) is 15.4. The van der Waals surface area contributed by atoms with E-state index in [2.05, 4.69) is 10.6 Å². The van der Waals surface area contributed by atoms with Crippen molar-refractivity contribution >= 4 is 5.91 Å². The third-order valence-corrected chi connectivity index (χ3v) is 6.12. The van der Waals surface area contributed by atoms with Crippen molar-refractivity contribution in [1.82, 2.24) is 10.6 Å². The number of aliphatic hydroxyl groups is 2. The van der Waals surface area contributed by atoms with Gasteiger partial charge in [-0.2, -0.15) is 0 Å². The Bertz CT molecular complexity index is 560. The number of benzene rings is 1. The number of piperidine rings is 1. The van der Waals surface area contributed by atoms with E-state index in [0.717, 1.165) is 25.3 Å². The van der Waals surface area contributed by atoms with E-state index in [9.17, 15) is 15.0 Å². The van der Waals surface area contributed by atoms with Crippen LogP contribution in [0.15, 0.2) is 30.3 Å². The Morgan fingerprint density at radius 2 is 1.85 bits per heavy atom. The largest absolute Gasteiger partial charge is 0.394 e. The van der Waals surface area contributed by atoms with E-state index in [-0.39, 0.29) is 18.6 Å². The zero-order valence-electron chi connectivity index (χ0n) is 15.4. The van der Waals surface area contributed by atoms with E-state index < -0.39 is 12.1 Å². The van der Waals surface area contributed by atoms with Gasteiger partial charge in [-0.05, 0) is 36.8 Å². The molecule has 1 amide bonds. The average Bonchev–Trinajstić information content (AvgIpc) is 2.72. The second-order valence-corrected chi connectivity index (χ2v) is 7.84. The molecule has 0 aromatic heterocycles. The summed E-state index contributed by atoms with van der Waals surface area (Å²) in [4.78, 5) is 12.7. The van der Waals surface area contributed by atoms with Crippen LogP contribution in [-0.2, 0) is 4.79 Å². The van der Waals surface area contributed by atoms with Gasteiger partial charge in [0.2, 0.25) is 5.91 Å². The van der Waals surface area contributed by atoms with Gasteiger partial charge in [-0.1, -0.05) is 62.4 Å². The van der Waals surface area contributed by atoms with Crippen LogP contribution in [0.2, 0.25) is 0 Å². The Morgan fingerprint density at radius 3 is 2.54 bits per heavy atom. The smallest absolute Gasteiger partial charge is 0.237 e. The first-order valence-corrected chi connectivity index (χ1v) is 10.1. The number of hydrogen-bond acceptors (Lipinski definition) is 4. The van der Waals surface area contributed by atoms with Gasteiger partial charge in [0.15, 0.2) is 0 Å². The van der Waals surface area contributed by atoms with E-state index in [1.165, 1.54) is 32.1 Å². The molecule has 5 heteroatoms. The minimum absolute atomic E-state index is 0.112. The lowest BCUT2D eigenvalue weighted by Gasteiger charge is -2.37. The standard InChI is InChI=1S/C21H32N2O3/c24-14-19(20(25)16-9-5-2-6-10-16)23-21(26)18-13-17(11-12-22-18)15-7-3-1-4-8-15/h2,5-6,9-10,15,17-20,22,24-25H,1,3-4,7-8,11-14H2,(H,23,26)/t17-,18-,19-,20-/m0/s1. The number of rotatable bonds is 6. The van der Waals surface area contributed by atoms with Crippen LogP contribution in [0.5, 0.6) is 0 Å². The molecular weight excluding hydrogens is 328 g/mol. The fraction of sp³-hybridized carbons (Fsp3) is 0.667. The van der Waals surface area contributed by atoms with Gasteiger partial charge in [-0.15, -0.1) is 0 Å². The van der Waals surface area contributed by atoms with Crippen molar-refractivity contribution in [1.29, 1.82) is 0 Å². The fourth-order valence-electron chi connectivity index (χ4n) is 4.57. The summed E-state index contributed by atoms with van der Waals surface area (Å²) in [6, 6.07) is 8.24. The third-order valence-electron chi connectivity index (χ3n) is 6.12. The summed E-state index contributed by atoms with van der Waals surface area (Å²) in [5, 5.41) is 26.3. The van der Waals surface area contributed by atoms with Crippen LogP contribution in [0.4, 0.5) is 0 Å². The average molecular weight is 360 g/mol. The van der Waals surface area contributed by atoms with Crippen molar-refractivity contribution in [3.63, 3.8) is 0 Å². The highest BCUT2D eigenvalue weighted by Crippen LogP contribution is 2.35. The summed E-state index contributed by atoms with van der Waals surface area (Å²) in [7, 11) is 0. The molecule has 0 spiro atoms. The number of carbonyl (C=O) groups excluding carboxylic acids is 1. The van der Waals surface area contributed by atoms with Crippen molar-refractivity contribution in [2.45, 2.75) is 63.1 Å². The Kier molecular flexibility index (Phi) is 7.06. The molecule has 4 atom stereocenters. The molecule has 1 aromatic carbocycles. The molecule has 0 unspecified atom stereocenters. The Labute approximate surface area is 156 Å². The van der Waals surface area contributed by atoms with Gasteiger partial charge in [-0.25, -0.2) is 0 Å². The minimum atomic E-state index is -0.914. The molecule has 4 N–H and O–H groups in total. The van der Waals surface area contributed by atoms with Crippen LogP contribution < -0.4 is 10.6 Å². The highest BCUT2D eigenvalue weighted by molar-refractivity contribution is 5.82. The van der Waals surface area contributed by atoms with E-state index in [0.29, 0.717) is 11.5 Å². The van der Waals surface area contributed by atoms with E-state index in [4.69, 9.17) is 0 Å². The van der Waals surface area contributed by atoms with Gasteiger partial charge < -0.3 is 20.8 Å². The predicted octanol–water partition coefficient (Wildman–Crippen LogP) is 2.15. The lowest BCUT2D eigenvalue weighted by molar-refractivity contribution is -0.126. The second-order valence-electron chi connectivity index (χ2n) is 7.84. The van der Waals surface area contributed by atoms with Gasteiger partial charge in [-0.3, -0.25) is 4.79 Å². The van der Waals surface area contributed by atoms with Gasteiger partial charge in [0.25, 0.3) is 0 Å². The molecule has 1 aromatic rings. The van der Waals surface area contributed by atoms with Gasteiger partial charge >= 0.3 is 0 Å². The topological polar surface area (TPSA) is 81.6 Å². The Balaban J connectivity index is 1.57. The van der Waals surface area contributed by atoms with Crippen molar-refractivity contribution in [3.05, 3.63) is 35.9 Å². The summed E-state index contributed by atoms with van der Waals surface area (Å²) in [6.07, 6.45) is 7.67. The lowest BCUT2D eigenvalue weighted by Crippen LogP contribution is -2.53. The number of amides is 1. The molecule has 0 bridgehead atoms. The first kappa shape index (κ1) is 19.3. The highest BCUT2D eigenvalue weighted by Gasteiger charge is 2.33. The molecule has 1 aliphatic carbocycles. The number of carbonyl (C=O) groups is 1. The Hall–Kier alpha value is -1.43. The van der Waals surface area contributed by atoms with Crippen LogP contribution in [0, 0.1) is 11.8 Å². The van der Waals surface area contributed by atoms with Gasteiger partial charge in [0.05, 0.1) is 18.7 Å². The van der Waals surface area contributed by atoms with E-state index in [1.807, 2.05) is 18.2 Å².